The van der Waals surface area contributed by atoms with Gasteiger partial charge in [-0.25, -0.2) is 13.2 Å². The number of anilines is 1. The van der Waals surface area contributed by atoms with Crippen molar-refractivity contribution in [2.24, 2.45) is 0 Å². The Morgan fingerprint density at radius 2 is 1.84 bits per heavy atom. The maximum Gasteiger partial charge on any atom is 0.255 e. The average molecular weight is 442 g/mol. The molecule has 2 N–H and O–H groups in total. The lowest BCUT2D eigenvalue weighted by atomic mass is 9.47. The minimum Gasteiger partial charge on any atom is -0.368 e. The van der Waals surface area contributed by atoms with Crippen LogP contribution in [0.25, 0.3) is 11.1 Å². The molecular formula is C24H25F3N4O. The van der Waals surface area contributed by atoms with Gasteiger partial charge in [-0.15, -0.1) is 0 Å². The first-order chi connectivity index (χ1) is 15.3. The fraction of sp³-hybridized carbons (Fsp3) is 0.500. The SMILES string of the molecule is O=C(NC12CC(F)(C1)C2)c1cncc(-c2cc(F)cc(F)c2)c1N1CCC2(CCCN2)C1. The molecule has 3 aliphatic carbocycles. The first-order valence-corrected chi connectivity index (χ1v) is 11.2. The molecular weight excluding hydrogens is 417 g/mol. The number of carbonyl (C=O) groups excluding carboxylic acids is 1. The molecule has 32 heavy (non-hydrogen) atoms. The van der Waals surface area contributed by atoms with Crippen LogP contribution in [0.3, 0.4) is 0 Å². The van der Waals surface area contributed by atoms with E-state index in [9.17, 15) is 18.0 Å². The second kappa shape index (κ2) is 6.70. The third-order valence-electron chi connectivity index (χ3n) is 7.68. The zero-order valence-corrected chi connectivity index (χ0v) is 17.7. The monoisotopic (exact) mass is 442 g/mol. The molecule has 7 rings (SSSR count). The summed E-state index contributed by atoms with van der Waals surface area (Å²) in [6.45, 7) is 2.40. The molecule has 168 valence electrons. The predicted octanol–water partition coefficient (Wildman–Crippen LogP) is 3.73. The van der Waals surface area contributed by atoms with Crippen molar-refractivity contribution in [2.75, 3.05) is 24.5 Å². The van der Waals surface area contributed by atoms with E-state index in [0.717, 1.165) is 38.4 Å². The van der Waals surface area contributed by atoms with E-state index >= 15 is 0 Å². The molecule has 1 atom stereocenters. The van der Waals surface area contributed by atoms with Crippen molar-refractivity contribution in [3.63, 3.8) is 0 Å². The molecule has 1 aromatic heterocycles. The number of hydrogen-bond acceptors (Lipinski definition) is 4. The third-order valence-corrected chi connectivity index (χ3v) is 7.68. The zero-order chi connectivity index (χ0) is 22.1. The van der Waals surface area contributed by atoms with Crippen molar-refractivity contribution >= 4 is 11.6 Å². The Bertz CT molecular complexity index is 1070. The van der Waals surface area contributed by atoms with Crippen molar-refractivity contribution in [1.29, 1.82) is 0 Å². The molecule has 1 unspecified atom stereocenters. The number of aromatic nitrogens is 1. The molecule has 8 heteroatoms. The number of nitrogens with zero attached hydrogens (tertiary/aromatic N) is 2. The Kier molecular flexibility index (Phi) is 4.19. The molecule has 2 aliphatic heterocycles. The largest absolute Gasteiger partial charge is 0.368 e. The van der Waals surface area contributed by atoms with Gasteiger partial charge in [0.25, 0.3) is 5.91 Å². The number of nitrogens with one attached hydrogen (secondary N) is 2. The normalized spacial score (nSPS) is 32.7. The zero-order valence-electron chi connectivity index (χ0n) is 17.7. The van der Waals surface area contributed by atoms with Gasteiger partial charge in [0, 0.05) is 67.5 Å². The van der Waals surface area contributed by atoms with Crippen LogP contribution in [0.2, 0.25) is 0 Å². The van der Waals surface area contributed by atoms with E-state index in [2.05, 4.69) is 20.5 Å². The first kappa shape index (κ1) is 20.0. The minimum atomic E-state index is -1.12. The molecule has 5 nitrogen and oxygen atoms in total. The van der Waals surface area contributed by atoms with Gasteiger partial charge in [0.15, 0.2) is 0 Å². The van der Waals surface area contributed by atoms with E-state index in [1.165, 1.54) is 18.3 Å². The van der Waals surface area contributed by atoms with E-state index < -0.39 is 22.8 Å². The van der Waals surface area contributed by atoms with Gasteiger partial charge < -0.3 is 15.5 Å². The van der Waals surface area contributed by atoms with Crippen LogP contribution >= 0.6 is 0 Å². The van der Waals surface area contributed by atoms with Gasteiger partial charge in [-0.05, 0) is 43.5 Å². The lowest BCUT2D eigenvalue weighted by Crippen LogP contribution is -2.76. The summed E-state index contributed by atoms with van der Waals surface area (Å²) in [5, 5.41) is 6.62. The van der Waals surface area contributed by atoms with Gasteiger partial charge in [-0.2, -0.15) is 0 Å². The molecule has 2 aromatic rings. The maximum absolute atomic E-state index is 14.0. The number of rotatable bonds is 4. The van der Waals surface area contributed by atoms with E-state index in [-0.39, 0.29) is 11.4 Å². The molecule has 5 aliphatic rings. The Hall–Kier alpha value is -2.61. The number of halogens is 3. The highest BCUT2D eigenvalue weighted by atomic mass is 19.1. The summed E-state index contributed by atoms with van der Waals surface area (Å²) in [6, 6.07) is 3.36. The summed E-state index contributed by atoms with van der Waals surface area (Å²) in [6.07, 6.45) is 7.20. The summed E-state index contributed by atoms with van der Waals surface area (Å²) in [4.78, 5) is 19.7. The summed E-state index contributed by atoms with van der Waals surface area (Å²) in [5.74, 6) is -1.68. The van der Waals surface area contributed by atoms with Gasteiger partial charge in [-0.3, -0.25) is 9.78 Å². The molecule has 3 heterocycles. The van der Waals surface area contributed by atoms with Crippen LogP contribution in [0, 0.1) is 11.6 Å². The highest BCUT2D eigenvalue weighted by Gasteiger charge is 2.70. The predicted molar refractivity (Wildman–Crippen MR) is 114 cm³/mol. The van der Waals surface area contributed by atoms with Crippen LogP contribution in [0.5, 0.6) is 0 Å². The number of hydrogen-bond donors (Lipinski definition) is 2. The van der Waals surface area contributed by atoms with Crippen LogP contribution in [0.15, 0.2) is 30.6 Å². The molecule has 1 aromatic carbocycles. The van der Waals surface area contributed by atoms with Crippen molar-refractivity contribution in [3.05, 3.63) is 47.8 Å². The fourth-order valence-corrected chi connectivity index (χ4v) is 6.27. The molecule has 2 saturated heterocycles. The number of benzene rings is 1. The summed E-state index contributed by atoms with van der Waals surface area (Å²) < 4.78 is 42.1. The van der Waals surface area contributed by atoms with Gasteiger partial charge >= 0.3 is 0 Å². The lowest BCUT2D eigenvalue weighted by molar-refractivity contribution is -0.162. The van der Waals surface area contributed by atoms with Crippen molar-refractivity contribution in [3.8, 4) is 11.1 Å². The van der Waals surface area contributed by atoms with Crippen LogP contribution < -0.4 is 15.5 Å². The summed E-state index contributed by atoms with van der Waals surface area (Å²) in [5.41, 5.74) is 0.262. The average Bonchev–Trinajstić information content (AvgIpc) is 3.34. The quantitative estimate of drug-likeness (QED) is 0.758. The van der Waals surface area contributed by atoms with E-state index in [1.807, 2.05) is 0 Å². The number of pyridine rings is 1. The number of alkyl halides is 1. The Balaban J connectivity index is 1.41. The van der Waals surface area contributed by atoms with Crippen LogP contribution in [-0.2, 0) is 0 Å². The Morgan fingerprint density at radius 3 is 2.50 bits per heavy atom. The number of carbonyl (C=O) groups is 1. The van der Waals surface area contributed by atoms with Crippen LogP contribution in [0.4, 0.5) is 18.9 Å². The van der Waals surface area contributed by atoms with Crippen LogP contribution in [-0.4, -0.2) is 47.3 Å². The highest BCUT2D eigenvalue weighted by Crippen LogP contribution is 2.63. The van der Waals surface area contributed by atoms with E-state index in [4.69, 9.17) is 0 Å². The van der Waals surface area contributed by atoms with E-state index in [0.29, 0.717) is 48.2 Å². The molecule has 1 spiro atoms. The fourth-order valence-electron chi connectivity index (χ4n) is 6.27. The molecule has 3 saturated carbocycles. The van der Waals surface area contributed by atoms with Gasteiger partial charge in [0.2, 0.25) is 0 Å². The van der Waals surface area contributed by atoms with Crippen LogP contribution in [0.1, 0.15) is 48.9 Å². The lowest BCUT2D eigenvalue weighted by Gasteiger charge is -2.65. The van der Waals surface area contributed by atoms with Crippen molar-refractivity contribution in [2.45, 2.75) is 55.3 Å². The second-order valence-electron chi connectivity index (χ2n) is 10.1. The maximum atomic E-state index is 14.0. The molecule has 0 radical (unpaired) electrons. The van der Waals surface area contributed by atoms with Gasteiger partial charge in [0.1, 0.15) is 17.3 Å². The highest BCUT2D eigenvalue weighted by molar-refractivity contribution is 6.03. The molecule has 5 fully saturated rings. The smallest absolute Gasteiger partial charge is 0.255 e. The Labute approximate surface area is 184 Å². The first-order valence-electron chi connectivity index (χ1n) is 11.2. The van der Waals surface area contributed by atoms with Crippen molar-refractivity contribution < 1.29 is 18.0 Å². The molecule has 1 amide bonds. The van der Waals surface area contributed by atoms with Crippen molar-refractivity contribution in [1.82, 2.24) is 15.6 Å². The standard InChI is InChI=1S/C24H25F3N4O/c25-16-6-15(7-17(26)8-16)18-9-28-10-19(21(32)30-24-11-22(27,12-24)13-24)20(18)31-5-3-23(14-31)2-1-4-29-23/h6-10,29H,1-5,11-14H2,(H,30,32). The number of amides is 1. The molecule has 2 bridgehead atoms. The third kappa shape index (κ3) is 3.10. The minimum absolute atomic E-state index is 0.00403. The summed E-state index contributed by atoms with van der Waals surface area (Å²) in [7, 11) is 0. The summed E-state index contributed by atoms with van der Waals surface area (Å²) >= 11 is 0. The van der Waals surface area contributed by atoms with Gasteiger partial charge in [0.05, 0.1) is 11.3 Å². The topological polar surface area (TPSA) is 57.3 Å². The van der Waals surface area contributed by atoms with E-state index in [1.54, 1.807) is 6.20 Å². The second-order valence-corrected chi connectivity index (χ2v) is 10.1. The Morgan fingerprint density at radius 1 is 1.09 bits per heavy atom. The van der Waals surface area contributed by atoms with Gasteiger partial charge in [-0.1, -0.05) is 0 Å².